The highest BCUT2D eigenvalue weighted by Gasteiger charge is 2.24. The van der Waals surface area contributed by atoms with E-state index in [1.165, 1.54) is 0 Å². The average Bonchev–Trinajstić information content (AvgIpc) is 1.97. The van der Waals surface area contributed by atoms with Crippen LogP contribution in [0.4, 0.5) is 0 Å². The second-order valence-corrected chi connectivity index (χ2v) is 9.09. The zero-order chi connectivity index (χ0) is 10.6. The highest BCUT2D eigenvalue weighted by Crippen LogP contribution is 2.03. The first-order valence-corrected chi connectivity index (χ1v) is 7.61. The summed E-state index contributed by atoms with van der Waals surface area (Å²) in [7, 11) is -1.81. The molecule has 0 bridgehead atoms. The SMILES string of the molecule is C=C(C)C(=O)OCC(=O)[Si](C)(C)C. The van der Waals surface area contributed by atoms with Crippen molar-refractivity contribution in [2.45, 2.75) is 26.6 Å². The third-order valence-electron chi connectivity index (χ3n) is 1.52. The minimum absolute atomic E-state index is 0.0436. The molecule has 0 aromatic heterocycles. The maximum absolute atomic E-state index is 11.3. The maximum atomic E-state index is 11.3. The van der Waals surface area contributed by atoms with Gasteiger partial charge in [0.1, 0.15) is 20.1 Å². The van der Waals surface area contributed by atoms with E-state index in [4.69, 9.17) is 4.74 Å². The molecule has 0 aliphatic rings. The normalized spacial score (nSPS) is 10.8. The molecule has 0 aliphatic heterocycles. The number of carbonyl (C=O) groups excluding carboxylic acids is 2. The quantitative estimate of drug-likeness (QED) is 0.393. The Kier molecular flexibility index (Phi) is 4.06. The molecule has 4 heteroatoms. The first-order chi connectivity index (χ1) is 5.75. The Morgan fingerprint density at radius 3 is 2.08 bits per heavy atom. The van der Waals surface area contributed by atoms with Crippen LogP contribution in [0.1, 0.15) is 6.92 Å². The Labute approximate surface area is 79.8 Å². The lowest BCUT2D eigenvalue weighted by Crippen LogP contribution is -2.37. The van der Waals surface area contributed by atoms with Gasteiger partial charge < -0.3 is 9.53 Å². The Morgan fingerprint density at radius 1 is 1.31 bits per heavy atom. The van der Waals surface area contributed by atoms with E-state index in [2.05, 4.69) is 6.58 Å². The summed E-state index contributed by atoms with van der Waals surface area (Å²) in [5, 5.41) is 0.0436. The molecule has 0 aliphatic carbocycles. The number of rotatable bonds is 4. The van der Waals surface area contributed by atoms with Crippen LogP contribution in [-0.2, 0) is 14.3 Å². The largest absolute Gasteiger partial charge is 0.455 e. The predicted molar refractivity (Wildman–Crippen MR) is 54.1 cm³/mol. The summed E-state index contributed by atoms with van der Waals surface area (Å²) in [6, 6.07) is 0. The van der Waals surface area contributed by atoms with Crippen LogP contribution in [0.5, 0.6) is 0 Å². The van der Waals surface area contributed by atoms with E-state index in [0.717, 1.165) is 0 Å². The van der Waals surface area contributed by atoms with E-state index in [1.54, 1.807) is 6.92 Å². The molecule has 0 fully saturated rings. The van der Waals surface area contributed by atoms with Crippen molar-refractivity contribution in [1.82, 2.24) is 0 Å². The molecule has 0 amide bonds. The molecule has 0 aromatic rings. The van der Waals surface area contributed by atoms with E-state index in [9.17, 15) is 9.59 Å². The minimum Gasteiger partial charge on any atom is -0.455 e. The summed E-state index contributed by atoms with van der Waals surface area (Å²) in [6.07, 6.45) is 0. The van der Waals surface area contributed by atoms with E-state index >= 15 is 0 Å². The lowest BCUT2D eigenvalue weighted by atomic mass is 10.4. The molecule has 0 heterocycles. The number of hydrogen-bond donors (Lipinski definition) is 0. The Hall–Kier alpha value is -0.903. The van der Waals surface area contributed by atoms with Crippen LogP contribution in [-0.4, -0.2) is 26.1 Å². The number of hydrogen-bond acceptors (Lipinski definition) is 3. The van der Waals surface area contributed by atoms with E-state index in [1.807, 2.05) is 19.6 Å². The fourth-order valence-electron chi connectivity index (χ4n) is 0.471. The highest BCUT2D eigenvalue weighted by atomic mass is 28.3. The topological polar surface area (TPSA) is 43.4 Å². The van der Waals surface area contributed by atoms with Crippen molar-refractivity contribution in [3.05, 3.63) is 12.2 Å². The zero-order valence-electron chi connectivity index (χ0n) is 8.64. The monoisotopic (exact) mass is 200 g/mol. The van der Waals surface area contributed by atoms with Gasteiger partial charge in [-0.1, -0.05) is 26.2 Å². The molecule has 0 rings (SSSR count). The molecule has 0 radical (unpaired) electrons. The molecule has 0 N–H and O–H groups in total. The predicted octanol–water partition coefficient (Wildman–Crippen LogP) is 1.55. The number of ether oxygens (including phenoxy) is 1. The first-order valence-electron chi connectivity index (χ1n) is 4.11. The summed E-state index contributed by atoms with van der Waals surface area (Å²) in [5.41, 5.74) is 0.323. The molecule has 0 atom stereocenters. The molecule has 0 spiro atoms. The summed E-state index contributed by atoms with van der Waals surface area (Å²) < 4.78 is 4.74. The fraction of sp³-hybridized carbons (Fsp3) is 0.556. The van der Waals surface area contributed by atoms with Gasteiger partial charge in [0, 0.05) is 5.57 Å². The molecular weight excluding hydrogens is 184 g/mol. The molecule has 0 saturated heterocycles. The van der Waals surface area contributed by atoms with Gasteiger partial charge in [-0.3, -0.25) is 0 Å². The van der Waals surface area contributed by atoms with Crippen molar-refractivity contribution in [3.63, 3.8) is 0 Å². The van der Waals surface area contributed by atoms with Crippen molar-refractivity contribution >= 4 is 19.4 Å². The Bertz CT molecular complexity index is 238. The van der Waals surface area contributed by atoms with Gasteiger partial charge in [0.15, 0.2) is 0 Å². The maximum Gasteiger partial charge on any atom is 0.333 e. The molecule has 13 heavy (non-hydrogen) atoms. The highest BCUT2D eigenvalue weighted by molar-refractivity contribution is 7.03. The molecule has 0 unspecified atom stereocenters. The van der Waals surface area contributed by atoms with Gasteiger partial charge in [-0.05, 0) is 6.92 Å². The van der Waals surface area contributed by atoms with Crippen molar-refractivity contribution in [1.29, 1.82) is 0 Å². The van der Waals surface area contributed by atoms with E-state index in [0.29, 0.717) is 5.57 Å². The van der Waals surface area contributed by atoms with Gasteiger partial charge in [-0.15, -0.1) is 0 Å². The molecule has 0 saturated carbocycles. The summed E-state index contributed by atoms with van der Waals surface area (Å²) >= 11 is 0. The lowest BCUT2D eigenvalue weighted by Gasteiger charge is -2.13. The van der Waals surface area contributed by atoms with E-state index in [-0.39, 0.29) is 12.0 Å². The summed E-state index contributed by atoms with van der Waals surface area (Å²) in [6.45, 7) is 10.6. The van der Waals surface area contributed by atoms with Crippen LogP contribution in [0.15, 0.2) is 12.2 Å². The summed E-state index contributed by atoms with van der Waals surface area (Å²) in [4.78, 5) is 22.3. The first kappa shape index (κ1) is 12.1. The van der Waals surface area contributed by atoms with Crippen LogP contribution in [0, 0.1) is 0 Å². The third kappa shape index (κ3) is 4.62. The van der Waals surface area contributed by atoms with Crippen LogP contribution in [0.2, 0.25) is 19.6 Å². The van der Waals surface area contributed by atoms with Gasteiger partial charge in [0.25, 0.3) is 0 Å². The standard InChI is InChI=1S/C9H16O3Si/c1-7(2)9(11)12-6-8(10)13(3,4)5/h1,6H2,2-5H3. The average molecular weight is 200 g/mol. The lowest BCUT2D eigenvalue weighted by molar-refractivity contribution is -0.142. The molecule has 0 aromatic carbocycles. The Morgan fingerprint density at radius 2 is 1.77 bits per heavy atom. The van der Waals surface area contributed by atoms with Crippen molar-refractivity contribution in [2.24, 2.45) is 0 Å². The van der Waals surface area contributed by atoms with Crippen LogP contribution >= 0.6 is 0 Å². The van der Waals surface area contributed by atoms with Gasteiger partial charge in [-0.25, -0.2) is 4.79 Å². The van der Waals surface area contributed by atoms with Gasteiger partial charge in [-0.2, -0.15) is 0 Å². The number of esters is 1. The minimum atomic E-state index is -1.81. The Balaban J connectivity index is 3.99. The van der Waals surface area contributed by atoms with Crippen molar-refractivity contribution in [3.8, 4) is 0 Å². The molecule has 3 nitrogen and oxygen atoms in total. The van der Waals surface area contributed by atoms with Gasteiger partial charge in [0.05, 0.1) is 0 Å². The van der Waals surface area contributed by atoms with Gasteiger partial charge >= 0.3 is 5.97 Å². The second-order valence-electron chi connectivity index (χ2n) is 4.03. The molecular formula is C9H16O3Si. The number of carbonyl (C=O) groups is 2. The van der Waals surface area contributed by atoms with Gasteiger partial charge in [0.2, 0.25) is 0 Å². The van der Waals surface area contributed by atoms with Crippen LogP contribution < -0.4 is 0 Å². The van der Waals surface area contributed by atoms with Crippen LogP contribution in [0.3, 0.4) is 0 Å². The third-order valence-corrected chi connectivity index (χ3v) is 3.34. The summed E-state index contributed by atoms with van der Waals surface area (Å²) in [5.74, 6) is -0.494. The zero-order valence-corrected chi connectivity index (χ0v) is 9.64. The van der Waals surface area contributed by atoms with Crippen molar-refractivity contribution in [2.75, 3.05) is 6.61 Å². The van der Waals surface area contributed by atoms with Crippen molar-refractivity contribution < 1.29 is 14.3 Å². The molecule has 74 valence electrons. The van der Waals surface area contributed by atoms with E-state index < -0.39 is 14.0 Å². The fourth-order valence-corrected chi connectivity index (χ4v) is 0.976. The smallest absolute Gasteiger partial charge is 0.333 e. The second kappa shape index (κ2) is 4.37. The van der Waals surface area contributed by atoms with Crippen LogP contribution in [0.25, 0.3) is 0 Å².